The maximum atomic E-state index is 12.8. The summed E-state index contributed by atoms with van der Waals surface area (Å²) in [5, 5.41) is 0.256. The van der Waals surface area contributed by atoms with Crippen LogP contribution in [0.15, 0.2) is 21.9 Å². The number of hydrogen-bond acceptors (Lipinski definition) is 5. The number of amides is 1. The van der Waals surface area contributed by atoms with Crippen LogP contribution in [0.5, 0.6) is 0 Å². The first-order valence-corrected chi connectivity index (χ1v) is 8.02. The Morgan fingerprint density at radius 3 is 2.75 bits per heavy atom. The maximum absolute atomic E-state index is 12.8. The number of piperidine rings is 1. The first-order valence-electron chi connectivity index (χ1n) is 8.02. The molecule has 128 valence electrons. The lowest BCUT2D eigenvalue weighted by Gasteiger charge is -2.35. The van der Waals surface area contributed by atoms with E-state index in [1.54, 1.807) is 11.9 Å². The van der Waals surface area contributed by atoms with Crippen LogP contribution in [-0.4, -0.2) is 44.1 Å². The second kappa shape index (κ2) is 6.20. The smallest absolute Gasteiger partial charge is 0.332 e. The minimum absolute atomic E-state index is 0.0184. The van der Waals surface area contributed by atoms with E-state index in [-0.39, 0.29) is 23.0 Å². The Morgan fingerprint density at radius 1 is 1.29 bits per heavy atom. The van der Waals surface area contributed by atoms with Crippen LogP contribution in [0, 0.1) is 0 Å². The van der Waals surface area contributed by atoms with Crippen molar-refractivity contribution in [3.05, 3.63) is 38.7 Å². The van der Waals surface area contributed by atoms with Gasteiger partial charge in [-0.25, -0.2) is 9.78 Å². The Morgan fingerprint density at radius 2 is 2.04 bits per heavy atom. The summed E-state index contributed by atoms with van der Waals surface area (Å²) in [5.41, 5.74) is 5.50. The van der Waals surface area contributed by atoms with Crippen molar-refractivity contribution < 1.29 is 4.79 Å². The Kier molecular flexibility index (Phi) is 4.23. The van der Waals surface area contributed by atoms with E-state index < -0.39 is 11.2 Å². The van der Waals surface area contributed by atoms with Gasteiger partial charge in [-0.1, -0.05) is 0 Å². The van der Waals surface area contributed by atoms with E-state index in [1.807, 2.05) is 0 Å². The average molecular weight is 331 g/mol. The summed E-state index contributed by atoms with van der Waals surface area (Å²) in [4.78, 5) is 43.0. The van der Waals surface area contributed by atoms with Crippen molar-refractivity contribution in [1.82, 2.24) is 19.0 Å². The zero-order valence-corrected chi connectivity index (χ0v) is 13.9. The topological polar surface area (TPSA) is 103 Å². The van der Waals surface area contributed by atoms with Crippen LogP contribution in [0.1, 0.15) is 29.6 Å². The summed E-state index contributed by atoms with van der Waals surface area (Å²) in [6.45, 7) is 1.08. The van der Waals surface area contributed by atoms with Crippen LogP contribution >= 0.6 is 0 Å². The number of aromatic nitrogens is 3. The summed E-state index contributed by atoms with van der Waals surface area (Å²) in [6.07, 6.45) is 4.31. The summed E-state index contributed by atoms with van der Waals surface area (Å²) >= 11 is 0. The van der Waals surface area contributed by atoms with Crippen molar-refractivity contribution in [3.63, 3.8) is 0 Å². The molecule has 0 radical (unpaired) electrons. The van der Waals surface area contributed by atoms with Gasteiger partial charge in [0.15, 0.2) is 0 Å². The molecule has 8 nitrogen and oxygen atoms in total. The summed E-state index contributed by atoms with van der Waals surface area (Å²) < 4.78 is 2.32. The molecule has 0 aromatic carbocycles. The van der Waals surface area contributed by atoms with E-state index in [0.717, 1.165) is 23.8 Å². The van der Waals surface area contributed by atoms with Crippen molar-refractivity contribution in [2.45, 2.75) is 25.3 Å². The molecular formula is C16H21N5O3. The summed E-state index contributed by atoms with van der Waals surface area (Å²) in [7, 11) is 2.96. The zero-order chi connectivity index (χ0) is 17.4. The average Bonchev–Trinajstić information content (AvgIpc) is 2.63. The molecule has 1 fully saturated rings. The van der Waals surface area contributed by atoms with Gasteiger partial charge in [-0.05, 0) is 25.3 Å². The summed E-state index contributed by atoms with van der Waals surface area (Å²) in [5.74, 6) is -0.171. The van der Waals surface area contributed by atoms with E-state index in [0.29, 0.717) is 18.7 Å². The van der Waals surface area contributed by atoms with Gasteiger partial charge in [-0.2, -0.15) is 0 Å². The second-order valence-corrected chi connectivity index (χ2v) is 6.18. The number of carbonyl (C=O) groups excluding carboxylic acids is 1. The summed E-state index contributed by atoms with van der Waals surface area (Å²) in [6, 6.07) is 1.54. The number of rotatable bonds is 2. The van der Waals surface area contributed by atoms with E-state index in [1.165, 1.54) is 23.9 Å². The number of carbonyl (C=O) groups is 1. The molecule has 1 atom stereocenters. The molecule has 2 aromatic rings. The Labute approximate surface area is 138 Å². The number of fused-ring (bicyclic) bond motifs is 1. The number of aryl methyl sites for hydroxylation is 1. The number of hydrogen-bond donors (Lipinski definition) is 1. The van der Waals surface area contributed by atoms with Crippen molar-refractivity contribution in [3.8, 4) is 0 Å². The fraction of sp³-hybridized carbons (Fsp3) is 0.500. The maximum Gasteiger partial charge on any atom is 0.332 e. The lowest BCUT2D eigenvalue weighted by Crippen LogP contribution is -2.47. The van der Waals surface area contributed by atoms with Crippen molar-refractivity contribution >= 4 is 16.9 Å². The highest BCUT2D eigenvalue weighted by atomic mass is 16.2. The van der Waals surface area contributed by atoms with Gasteiger partial charge in [0.05, 0.1) is 10.9 Å². The van der Waals surface area contributed by atoms with E-state index in [4.69, 9.17) is 5.73 Å². The molecule has 3 heterocycles. The highest BCUT2D eigenvalue weighted by Gasteiger charge is 2.27. The molecule has 3 rings (SSSR count). The highest BCUT2D eigenvalue weighted by molar-refractivity contribution is 5.97. The number of likely N-dealkylation sites (tertiary alicyclic amines) is 1. The fourth-order valence-electron chi connectivity index (χ4n) is 3.26. The van der Waals surface area contributed by atoms with Crippen LogP contribution in [0.4, 0.5) is 0 Å². The molecule has 2 aromatic heterocycles. The Bertz CT molecular complexity index is 914. The minimum Gasteiger partial charge on any atom is -0.334 e. The molecule has 0 bridgehead atoms. The molecule has 24 heavy (non-hydrogen) atoms. The number of nitrogens with zero attached hydrogens (tertiary/aromatic N) is 4. The third-order valence-corrected chi connectivity index (χ3v) is 4.70. The van der Waals surface area contributed by atoms with Crippen LogP contribution in [0.25, 0.3) is 11.0 Å². The molecule has 1 aliphatic heterocycles. The number of nitrogens with two attached hydrogens (primary N) is 1. The normalized spacial score (nSPS) is 18.1. The molecular weight excluding hydrogens is 310 g/mol. The molecule has 1 amide bonds. The number of pyridine rings is 1. The molecule has 8 heteroatoms. The van der Waals surface area contributed by atoms with Crippen LogP contribution in [0.3, 0.4) is 0 Å². The van der Waals surface area contributed by atoms with Gasteiger partial charge in [-0.3, -0.25) is 18.7 Å². The lowest BCUT2D eigenvalue weighted by atomic mass is 10.0. The van der Waals surface area contributed by atoms with Gasteiger partial charge in [0, 0.05) is 39.4 Å². The largest absolute Gasteiger partial charge is 0.334 e. The first kappa shape index (κ1) is 16.4. The van der Waals surface area contributed by atoms with E-state index in [2.05, 4.69) is 4.98 Å². The van der Waals surface area contributed by atoms with Crippen molar-refractivity contribution in [2.24, 2.45) is 19.8 Å². The molecule has 1 saturated heterocycles. The highest BCUT2D eigenvalue weighted by Crippen LogP contribution is 2.19. The molecule has 1 aliphatic rings. The SMILES string of the molecule is Cn1c(=O)c2cc(C(=O)N3CCCCC3CN)cnc2n(C)c1=O. The van der Waals surface area contributed by atoms with Gasteiger partial charge in [0.25, 0.3) is 11.5 Å². The van der Waals surface area contributed by atoms with E-state index >= 15 is 0 Å². The second-order valence-electron chi connectivity index (χ2n) is 6.18. The Balaban J connectivity index is 2.09. The van der Waals surface area contributed by atoms with Gasteiger partial charge >= 0.3 is 5.69 Å². The van der Waals surface area contributed by atoms with Crippen molar-refractivity contribution in [1.29, 1.82) is 0 Å². The molecule has 0 aliphatic carbocycles. The zero-order valence-electron chi connectivity index (χ0n) is 13.9. The molecule has 1 unspecified atom stereocenters. The van der Waals surface area contributed by atoms with Crippen LogP contribution in [0.2, 0.25) is 0 Å². The predicted octanol–water partition coefficient (Wildman–Crippen LogP) is -0.414. The lowest BCUT2D eigenvalue weighted by molar-refractivity contribution is 0.0623. The quantitative estimate of drug-likeness (QED) is 0.805. The van der Waals surface area contributed by atoms with Gasteiger partial charge in [-0.15, -0.1) is 0 Å². The molecule has 0 saturated carbocycles. The minimum atomic E-state index is -0.454. The van der Waals surface area contributed by atoms with Gasteiger partial charge < -0.3 is 10.6 Å². The third kappa shape index (κ3) is 2.52. The van der Waals surface area contributed by atoms with Gasteiger partial charge in [0.1, 0.15) is 5.65 Å². The first-order chi connectivity index (χ1) is 11.5. The van der Waals surface area contributed by atoms with Crippen LogP contribution in [-0.2, 0) is 14.1 Å². The molecule has 0 spiro atoms. The van der Waals surface area contributed by atoms with Crippen LogP contribution < -0.4 is 17.0 Å². The third-order valence-electron chi connectivity index (χ3n) is 4.70. The van der Waals surface area contributed by atoms with Crippen molar-refractivity contribution in [2.75, 3.05) is 13.1 Å². The fourth-order valence-corrected chi connectivity index (χ4v) is 3.26. The molecule has 2 N–H and O–H groups in total. The predicted molar refractivity (Wildman–Crippen MR) is 90.0 cm³/mol. The monoisotopic (exact) mass is 331 g/mol. The van der Waals surface area contributed by atoms with Gasteiger partial charge in [0.2, 0.25) is 0 Å². The standard InChI is InChI=1S/C16H21N5O3/c1-19-13-12(15(23)20(2)16(19)24)7-10(9-18-13)14(22)21-6-4-3-5-11(21)8-17/h7,9,11H,3-6,8,17H2,1-2H3. The Hall–Kier alpha value is -2.48. The van der Waals surface area contributed by atoms with E-state index in [9.17, 15) is 14.4 Å².